The highest BCUT2D eigenvalue weighted by Crippen LogP contribution is 2.01. The summed E-state index contributed by atoms with van der Waals surface area (Å²) in [6, 6.07) is 0. The van der Waals surface area contributed by atoms with Gasteiger partial charge in [-0.25, -0.2) is 0 Å². The number of ether oxygens (including phenoxy) is 2. The third kappa shape index (κ3) is 19.1. The average molecular weight is 413 g/mol. The summed E-state index contributed by atoms with van der Waals surface area (Å²) in [6.07, 6.45) is 8.33. The van der Waals surface area contributed by atoms with E-state index in [1.807, 2.05) is 6.08 Å². The fraction of sp³-hybridized carbons (Fsp3) is 0.600. The first-order chi connectivity index (χ1) is 14.0. The van der Waals surface area contributed by atoms with Gasteiger partial charge < -0.3 is 36.7 Å². The van der Waals surface area contributed by atoms with E-state index < -0.39 is 6.23 Å². The summed E-state index contributed by atoms with van der Waals surface area (Å²) in [6.45, 7) is 6.14. The van der Waals surface area contributed by atoms with Gasteiger partial charge in [0.1, 0.15) is 6.23 Å². The Morgan fingerprint density at radius 1 is 1.10 bits per heavy atom. The molecule has 29 heavy (non-hydrogen) atoms. The maximum atomic E-state index is 12.0. The molecule has 9 nitrogen and oxygen atoms in total. The number of allylic oxidation sites excluding steroid dienone is 4. The summed E-state index contributed by atoms with van der Waals surface area (Å²) < 4.78 is 10.5. The SMILES string of the molecule is C=C/C=C(\C=C/CCCC(=O)NCCC(N)O)NC(=O)CCOCCOCCN. The number of unbranched alkanes of at least 4 members (excludes halogenated alkanes) is 1. The van der Waals surface area contributed by atoms with Crippen molar-refractivity contribution in [1.29, 1.82) is 0 Å². The molecule has 0 saturated heterocycles. The molecule has 0 aliphatic rings. The van der Waals surface area contributed by atoms with Crippen molar-refractivity contribution in [1.82, 2.24) is 10.6 Å². The first-order valence-corrected chi connectivity index (χ1v) is 9.84. The van der Waals surface area contributed by atoms with Crippen molar-refractivity contribution in [3.05, 3.63) is 36.6 Å². The second-order valence-electron chi connectivity index (χ2n) is 6.17. The van der Waals surface area contributed by atoms with E-state index in [0.717, 1.165) is 0 Å². The van der Waals surface area contributed by atoms with E-state index in [1.54, 1.807) is 18.2 Å². The highest BCUT2D eigenvalue weighted by atomic mass is 16.5. The maximum Gasteiger partial charge on any atom is 0.226 e. The van der Waals surface area contributed by atoms with Gasteiger partial charge >= 0.3 is 0 Å². The number of aliphatic hydroxyl groups excluding tert-OH is 1. The van der Waals surface area contributed by atoms with Gasteiger partial charge in [-0.1, -0.05) is 18.7 Å². The summed E-state index contributed by atoms with van der Waals surface area (Å²) in [7, 11) is 0. The molecular weight excluding hydrogens is 376 g/mol. The van der Waals surface area contributed by atoms with Crippen LogP contribution in [0.3, 0.4) is 0 Å². The Morgan fingerprint density at radius 3 is 2.48 bits per heavy atom. The van der Waals surface area contributed by atoms with Crippen molar-refractivity contribution in [3.63, 3.8) is 0 Å². The van der Waals surface area contributed by atoms with E-state index in [2.05, 4.69) is 17.2 Å². The molecule has 1 unspecified atom stereocenters. The number of amides is 2. The first-order valence-electron chi connectivity index (χ1n) is 9.84. The first kappa shape index (κ1) is 27.0. The van der Waals surface area contributed by atoms with Gasteiger partial charge in [0.25, 0.3) is 0 Å². The minimum Gasteiger partial charge on any atom is -0.379 e. The number of rotatable bonds is 18. The van der Waals surface area contributed by atoms with Crippen LogP contribution in [0.1, 0.15) is 32.1 Å². The smallest absolute Gasteiger partial charge is 0.226 e. The number of carbonyl (C=O) groups is 2. The number of aliphatic hydroxyl groups is 1. The molecule has 166 valence electrons. The zero-order valence-electron chi connectivity index (χ0n) is 17.1. The molecule has 7 N–H and O–H groups in total. The molecule has 0 rings (SSSR count). The Bertz CT molecular complexity index is 521. The van der Waals surface area contributed by atoms with Crippen molar-refractivity contribution in [2.24, 2.45) is 11.5 Å². The molecule has 0 aromatic carbocycles. The Morgan fingerprint density at radius 2 is 1.83 bits per heavy atom. The lowest BCUT2D eigenvalue weighted by Crippen LogP contribution is -2.29. The normalized spacial score (nSPS) is 12.7. The largest absolute Gasteiger partial charge is 0.379 e. The van der Waals surface area contributed by atoms with Crippen molar-refractivity contribution in [2.75, 3.05) is 39.5 Å². The van der Waals surface area contributed by atoms with Crippen molar-refractivity contribution < 1.29 is 24.2 Å². The quantitative estimate of drug-likeness (QED) is 0.121. The van der Waals surface area contributed by atoms with Gasteiger partial charge in [0.2, 0.25) is 11.8 Å². The van der Waals surface area contributed by atoms with Gasteiger partial charge in [0.05, 0.1) is 32.8 Å². The molecule has 0 bridgehead atoms. The number of nitrogens with one attached hydrogen (secondary N) is 2. The van der Waals surface area contributed by atoms with E-state index in [-0.39, 0.29) is 18.2 Å². The van der Waals surface area contributed by atoms with Crippen LogP contribution in [0.4, 0.5) is 0 Å². The fourth-order valence-corrected chi connectivity index (χ4v) is 2.10. The maximum absolute atomic E-state index is 12.0. The summed E-state index contributed by atoms with van der Waals surface area (Å²) in [5.74, 6) is -0.241. The summed E-state index contributed by atoms with van der Waals surface area (Å²) in [4.78, 5) is 23.6. The monoisotopic (exact) mass is 412 g/mol. The molecule has 0 aliphatic heterocycles. The minimum absolute atomic E-state index is 0.0809. The van der Waals surface area contributed by atoms with E-state index in [9.17, 15) is 9.59 Å². The second-order valence-corrected chi connectivity index (χ2v) is 6.17. The van der Waals surface area contributed by atoms with Gasteiger partial charge in [-0.3, -0.25) is 9.59 Å². The topological polar surface area (TPSA) is 149 Å². The molecule has 0 fully saturated rings. The molecule has 0 aromatic heterocycles. The van der Waals surface area contributed by atoms with Gasteiger partial charge in [0.15, 0.2) is 0 Å². The lowest BCUT2D eigenvalue weighted by Gasteiger charge is -2.07. The average Bonchev–Trinajstić information content (AvgIpc) is 2.66. The number of carbonyl (C=O) groups excluding carboxylic acids is 2. The molecule has 1 atom stereocenters. The van der Waals surface area contributed by atoms with Crippen LogP contribution < -0.4 is 22.1 Å². The Balaban J connectivity index is 3.97. The fourth-order valence-electron chi connectivity index (χ4n) is 2.10. The molecule has 0 aromatic rings. The van der Waals surface area contributed by atoms with Crippen LogP contribution in [-0.4, -0.2) is 62.7 Å². The predicted molar refractivity (Wildman–Crippen MR) is 113 cm³/mol. The van der Waals surface area contributed by atoms with Gasteiger partial charge in [-0.15, -0.1) is 0 Å². The zero-order chi connectivity index (χ0) is 21.7. The van der Waals surface area contributed by atoms with Crippen LogP contribution in [0.15, 0.2) is 36.6 Å². The second kappa shape index (κ2) is 19.3. The molecule has 0 aliphatic carbocycles. The van der Waals surface area contributed by atoms with Crippen LogP contribution >= 0.6 is 0 Å². The standard InChI is InChI=1S/C20H36N4O5/c1-2-6-17(24-20(27)10-13-28-15-16-29-14-11-21)7-4-3-5-8-19(26)23-12-9-18(22)25/h2,4,6-7,18,25H,1,3,5,8-16,21-22H2,(H,23,26)(H,24,27)/b7-4-,17-6+. The van der Waals surface area contributed by atoms with E-state index in [0.29, 0.717) is 70.9 Å². The number of hydrogen-bond acceptors (Lipinski definition) is 7. The molecular formula is C20H36N4O5. The van der Waals surface area contributed by atoms with Crippen LogP contribution in [-0.2, 0) is 19.1 Å². The lowest BCUT2D eigenvalue weighted by atomic mass is 10.2. The van der Waals surface area contributed by atoms with Crippen LogP contribution in [0.5, 0.6) is 0 Å². The predicted octanol–water partition coefficient (Wildman–Crippen LogP) is 0.0644. The molecule has 9 heteroatoms. The Kier molecular flexibility index (Phi) is 17.9. The Hall–Kier alpha value is -2.04. The molecule has 0 heterocycles. The van der Waals surface area contributed by atoms with Gasteiger partial charge in [-0.2, -0.15) is 0 Å². The Labute approximate surface area is 173 Å². The van der Waals surface area contributed by atoms with Crippen LogP contribution in [0.25, 0.3) is 0 Å². The lowest BCUT2D eigenvalue weighted by molar-refractivity contribution is -0.122. The molecule has 0 saturated carbocycles. The molecule has 0 radical (unpaired) electrons. The van der Waals surface area contributed by atoms with Crippen molar-refractivity contribution >= 4 is 11.8 Å². The van der Waals surface area contributed by atoms with E-state index in [1.165, 1.54) is 0 Å². The van der Waals surface area contributed by atoms with E-state index in [4.69, 9.17) is 26.0 Å². The van der Waals surface area contributed by atoms with Gasteiger partial charge in [0, 0.05) is 31.6 Å². The zero-order valence-corrected chi connectivity index (χ0v) is 17.1. The van der Waals surface area contributed by atoms with Crippen molar-refractivity contribution in [3.8, 4) is 0 Å². The van der Waals surface area contributed by atoms with Crippen LogP contribution in [0, 0.1) is 0 Å². The summed E-state index contributed by atoms with van der Waals surface area (Å²) in [5.41, 5.74) is 11.1. The number of nitrogens with two attached hydrogens (primary N) is 2. The highest BCUT2D eigenvalue weighted by Gasteiger charge is 2.03. The molecule has 2 amide bonds. The summed E-state index contributed by atoms with van der Waals surface area (Å²) >= 11 is 0. The van der Waals surface area contributed by atoms with E-state index >= 15 is 0 Å². The van der Waals surface area contributed by atoms with Crippen LogP contribution in [0.2, 0.25) is 0 Å². The third-order valence-electron chi connectivity index (χ3n) is 3.52. The molecule has 0 spiro atoms. The number of hydrogen-bond donors (Lipinski definition) is 5. The minimum atomic E-state index is -0.912. The summed E-state index contributed by atoms with van der Waals surface area (Å²) in [5, 5.41) is 14.4. The highest BCUT2D eigenvalue weighted by molar-refractivity contribution is 5.78. The van der Waals surface area contributed by atoms with Crippen molar-refractivity contribution in [2.45, 2.75) is 38.3 Å². The third-order valence-corrected chi connectivity index (χ3v) is 3.52. The van der Waals surface area contributed by atoms with Gasteiger partial charge in [-0.05, 0) is 25.0 Å².